The number of benzene rings is 3. The van der Waals surface area contributed by atoms with Crippen LogP contribution in [0.3, 0.4) is 0 Å². The molecule has 1 atom stereocenters. The molecule has 1 aromatic heterocycles. The van der Waals surface area contributed by atoms with E-state index in [0.717, 1.165) is 47.2 Å². The summed E-state index contributed by atoms with van der Waals surface area (Å²) in [5.74, 6) is -2.60. The molecule has 1 unspecified atom stereocenters. The summed E-state index contributed by atoms with van der Waals surface area (Å²) in [6.07, 6.45) is 2.82. The third-order valence-electron chi connectivity index (χ3n) is 6.37. The number of rotatable bonds is 5. The zero-order valence-corrected chi connectivity index (χ0v) is 20.1. The van der Waals surface area contributed by atoms with Gasteiger partial charge in [-0.05, 0) is 72.0 Å². The van der Waals surface area contributed by atoms with Crippen LogP contribution in [0.1, 0.15) is 28.4 Å². The van der Waals surface area contributed by atoms with Gasteiger partial charge in [-0.25, -0.2) is 14.0 Å². The van der Waals surface area contributed by atoms with Crippen LogP contribution >= 0.6 is 0 Å². The molecule has 0 radical (unpaired) electrons. The molecule has 7 nitrogen and oxygen atoms in total. The number of aryl methyl sites for hydroxylation is 1. The van der Waals surface area contributed by atoms with Crippen molar-refractivity contribution in [1.82, 2.24) is 10.3 Å². The van der Waals surface area contributed by atoms with Gasteiger partial charge in [-0.1, -0.05) is 30.3 Å². The maximum atomic E-state index is 14.8. The number of aliphatic carboxylic acids is 2. The van der Waals surface area contributed by atoms with Crippen LogP contribution in [0.5, 0.6) is 0 Å². The second kappa shape index (κ2) is 10.6. The second-order valence-electron chi connectivity index (χ2n) is 8.71. The Hall–Kier alpha value is -4.17. The summed E-state index contributed by atoms with van der Waals surface area (Å²) in [6, 6.07) is 16.9. The van der Waals surface area contributed by atoms with Gasteiger partial charge in [0.25, 0.3) is 0 Å². The average Bonchev–Trinajstić information content (AvgIpc) is 3.25. The molecule has 0 fully saturated rings. The third-order valence-corrected chi connectivity index (χ3v) is 6.37. The van der Waals surface area contributed by atoms with Gasteiger partial charge in [0.05, 0.1) is 6.04 Å². The molecular formula is C28H28FN3O4. The lowest BCUT2D eigenvalue weighted by atomic mass is 9.92. The number of carboxylic acids is 2. The molecular weight excluding hydrogens is 461 g/mol. The molecule has 0 aliphatic carbocycles. The molecule has 0 saturated heterocycles. The molecule has 4 aromatic rings. The predicted octanol–water partition coefficient (Wildman–Crippen LogP) is 4.95. The highest BCUT2D eigenvalue weighted by Gasteiger charge is 2.26. The zero-order valence-electron chi connectivity index (χ0n) is 20.1. The first-order chi connectivity index (χ1) is 17.3. The maximum Gasteiger partial charge on any atom is 0.328 e. The highest BCUT2D eigenvalue weighted by Crippen LogP contribution is 2.35. The van der Waals surface area contributed by atoms with Crippen molar-refractivity contribution < 1.29 is 24.2 Å². The number of aromatic amines is 1. The van der Waals surface area contributed by atoms with E-state index in [4.69, 9.17) is 10.2 Å². The van der Waals surface area contributed by atoms with Crippen molar-refractivity contribution in [3.63, 3.8) is 0 Å². The quantitative estimate of drug-likeness (QED) is 0.254. The molecule has 1 aliphatic heterocycles. The number of carbonyl (C=O) groups is 2. The summed E-state index contributed by atoms with van der Waals surface area (Å²) in [6.45, 7) is 2.70. The fraction of sp³-hybridized carbons (Fsp3) is 0.214. The minimum Gasteiger partial charge on any atom is -0.478 e. The molecule has 186 valence electrons. The van der Waals surface area contributed by atoms with Gasteiger partial charge in [0.1, 0.15) is 5.82 Å². The molecule has 8 heteroatoms. The van der Waals surface area contributed by atoms with Gasteiger partial charge in [-0.2, -0.15) is 0 Å². The van der Waals surface area contributed by atoms with E-state index in [2.05, 4.69) is 52.0 Å². The highest BCUT2D eigenvalue weighted by atomic mass is 19.1. The number of nitrogens with one attached hydrogen (secondary N) is 3. The van der Waals surface area contributed by atoms with Crippen molar-refractivity contribution in [2.45, 2.75) is 25.8 Å². The normalized spacial score (nSPS) is 14.9. The first-order valence-electron chi connectivity index (χ1n) is 11.6. The van der Waals surface area contributed by atoms with E-state index in [1.165, 1.54) is 16.3 Å². The zero-order chi connectivity index (χ0) is 25.8. The molecule has 0 amide bonds. The molecule has 2 heterocycles. The fourth-order valence-corrected chi connectivity index (χ4v) is 4.71. The van der Waals surface area contributed by atoms with E-state index < -0.39 is 11.9 Å². The summed E-state index contributed by atoms with van der Waals surface area (Å²) in [7, 11) is 1.95. The van der Waals surface area contributed by atoms with E-state index in [9.17, 15) is 14.0 Å². The standard InChI is InChI=1S/C24H24FN3.C4H4O4/c1-14-7-8-20-22(23(14)25)19-9-10-27-21(24(19)28-20)13-16-12-17(26-2)11-15-5-3-4-6-18(15)16;5-3(6)1-2-4(7)8/h3-8,11-12,21,26-28H,9-10,13H2,1-2H3;1-2H,(H,5,6)(H,7,8)/b;2-1-. The number of anilines is 1. The minimum absolute atomic E-state index is 0.0849. The molecule has 5 N–H and O–H groups in total. The topological polar surface area (TPSA) is 114 Å². The number of fused-ring (bicyclic) bond motifs is 4. The molecule has 1 aliphatic rings. The Bertz CT molecular complexity index is 1460. The lowest BCUT2D eigenvalue weighted by Gasteiger charge is -2.25. The van der Waals surface area contributed by atoms with Gasteiger partial charge in [0.2, 0.25) is 0 Å². The van der Waals surface area contributed by atoms with E-state index in [1.807, 2.05) is 26.1 Å². The highest BCUT2D eigenvalue weighted by molar-refractivity contribution is 5.90. The van der Waals surface area contributed by atoms with Crippen LogP contribution in [0.15, 0.2) is 60.7 Å². The van der Waals surface area contributed by atoms with Crippen molar-refractivity contribution in [1.29, 1.82) is 0 Å². The number of hydrogen-bond donors (Lipinski definition) is 5. The van der Waals surface area contributed by atoms with Gasteiger partial charge in [0.15, 0.2) is 0 Å². The van der Waals surface area contributed by atoms with E-state index in [-0.39, 0.29) is 11.9 Å². The molecule has 5 rings (SSSR count). The molecule has 0 spiro atoms. The van der Waals surface area contributed by atoms with Crippen molar-refractivity contribution >= 4 is 39.3 Å². The van der Waals surface area contributed by atoms with Crippen molar-refractivity contribution in [2.75, 3.05) is 18.9 Å². The molecule has 0 bridgehead atoms. The molecule has 0 saturated carbocycles. The Morgan fingerprint density at radius 2 is 1.83 bits per heavy atom. The van der Waals surface area contributed by atoms with Gasteiger partial charge in [-0.3, -0.25) is 0 Å². The fourth-order valence-electron chi connectivity index (χ4n) is 4.71. The Labute approximate surface area is 207 Å². The van der Waals surface area contributed by atoms with Crippen LogP contribution in [0.25, 0.3) is 21.7 Å². The van der Waals surface area contributed by atoms with Crippen LogP contribution in [-0.4, -0.2) is 40.7 Å². The Kier molecular flexibility index (Phi) is 7.36. The number of halogens is 1. The van der Waals surface area contributed by atoms with Crippen molar-refractivity contribution in [2.24, 2.45) is 0 Å². The first kappa shape index (κ1) is 24.9. The van der Waals surface area contributed by atoms with Gasteiger partial charge >= 0.3 is 11.9 Å². The monoisotopic (exact) mass is 489 g/mol. The third kappa shape index (κ3) is 5.23. The van der Waals surface area contributed by atoms with Crippen LogP contribution in [0, 0.1) is 12.7 Å². The van der Waals surface area contributed by atoms with Crippen molar-refractivity contribution in [3.05, 3.63) is 88.9 Å². The second-order valence-corrected chi connectivity index (χ2v) is 8.71. The van der Waals surface area contributed by atoms with Gasteiger partial charge in [0, 0.05) is 41.5 Å². The number of aromatic nitrogens is 1. The minimum atomic E-state index is -1.26. The summed E-state index contributed by atoms with van der Waals surface area (Å²) >= 11 is 0. The SMILES string of the molecule is CNc1cc(CC2NCCc3c2[nH]c2ccc(C)c(F)c32)c2ccccc2c1.O=C(O)/C=C\C(=O)O. The van der Waals surface area contributed by atoms with Crippen LogP contribution in [-0.2, 0) is 22.4 Å². The summed E-state index contributed by atoms with van der Waals surface area (Å²) in [5, 5.41) is 25.8. The average molecular weight is 490 g/mol. The number of carboxylic acid groups (broad SMARTS) is 2. The Balaban J connectivity index is 0.000000331. The van der Waals surface area contributed by atoms with Crippen LogP contribution in [0.2, 0.25) is 0 Å². The maximum absolute atomic E-state index is 14.8. The van der Waals surface area contributed by atoms with E-state index >= 15 is 0 Å². The Morgan fingerprint density at radius 3 is 2.53 bits per heavy atom. The lowest BCUT2D eigenvalue weighted by Crippen LogP contribution is -2.31. The van der Waals surface area contributed by atoms with E-state index in [0.29, 0.717) is 17.7 Å². The van der Waals surface area contributed by atoms with E-state index in [1.54, 1.807) is 0 Å². The number of hydrogen-bond acceptors (Lipinski definition) is 4. The summed E-state index contributed by atoms with van der Waals surface area (Å²) in [4.78, 5) is 22.6. The Morgan fingerprint density at radius 1 is 1.11 bits per heavy atom. The number of H-pyrrole nitrogens is 1. The van der Waals surface area contributed by atoms with Crippen molar-refractivity contribution in [3.8, 4) is 0 Å². The lowest BCUT2D eigenvalue weighted by molar-refractivity contribution is -0.134. The summed E-state index contributed by atoms with van der Waals surface area (Å²) < 4.78 is 14.8. The largest absolute Gasteiger partial charge is 0.478 e. The summed E-state index contributed by atoms with van der Waals surface area (Å²) in [5.41, 5.74) is 6.28. The van der Waals surface area contributed by atoms with Gasteiger partial charge in [-0.15, -0.1) is 0 Å². The van der Waals surface area contributed by atoms with Crippen LogP contribution < -0.4 is 10.6 Å². The van der Waals surface area contributed by atoms with Gasteiger partial charge < -0.3 is 25.8 Å². The molecule has 3 aromatic carbocycles. The predicted molar refractivity (Wildman–Crippen MR) is 139 cm³/mol. The smallest absolute Gasteiger partial charge is 0.328 e. The van der Waals surface area contributed by atoms with Crippen LogP contribution in [0.4, 0.5) is 10.1 Å². The first-order valence-corrected chi connectivity index (χ1v) is 11.6. The molecule has 36 heavy (non-hydrogen) atoms.